The van der Waals surface area contributed by atoms with E-state index in [2.05, 4.69) is 5.32 Å². The van der Waals surface area contributed by atoms with Crippen molar-refractivity contribution in [1.29, 1.82) is 0 Å². The number of carbonyl (C=O) groups excluding carboxylic acids is 2. The number of hydrogen-bond donors (Lipinski definition) is 1. The Morgan fingerprint density at radius 3 is 2.74 bits per heavy atom. The van der Waals surface area contributed by atoms with E-state index in [0.29, 0.717) is 36.2 Å². The fourth-order valence-electron chi connectivity index (χ4n) is 4.77. The zero-order chi connectivity index (χ0) is 24.6. The Hall–Kier alpha value is -3.16. The highest BCUT2D eigenvalue weighted by molar-refractivity contribution is 8.01. The van der Waals surface area contributed by atoms with Gasteiger partial charge in [0.15, 0.2) is 4.87 Å². The molecule has 2 aliphatic heterocycles. The Morgan fingerprint density at radius 1 is 1.14 bits per heavy atom. The van der Waals surface area contributed by atoms with E-state index in [0.717, 1.165) is 27.9 Å². The van der Waals surface area contributed by atoms with Crippen LogP contribution in [0.15, 0.2) is 66.7 Å². The van der Waals surface area contributed by atoms with Crippen molar-refractivity contribution in [2.45, 2.75) is 24.9 Å². The van der Waals surface area contributed by atoms with Crippen molar-refractivity contribution in [2.75, 3.05) is 24.3 Å². The molecule has 0 aliphatic carbocycles. The minimum atomic E-state index is -1.15. The summed E-state index contributed by atoms with van der Waals surface area (Å²) in [6.45, 7) is 3.19. The van der Waals surface area contributed by atoms with Crippen LogP contribution < -0.4 is 15.0 Å². The maximum absolute atomic E-state index is 14.1. The lowest BCUT2D eigenvalue weighted by Gasteiger charge is -2.33. The Bertz CT molecular complexity index is 1300. The lowest BCUT2D eigenvalue weighted by molar-refractivity contribution is -0.123. The van der Waals surface area contributed by atoms with Gasteiger partial charge in [-0.1, -0.05) is 59.6 Å². The van der Waals surface area contributed by atoms with Crippen molar-refractivity contribution in [3.63, 3.8) is 0 Å². The number of rotatable bonds is 5. The summed E-state index contributed by atoms with van der Waals surface area (Å²) in [7, 11) is 1.60. The van der Waals surface area contributed by atoms with E-state index in [4.69, 9.17) is 16.3 Å². The number of hydrogen-bond acceptors (Lipinski definition) is 4. The van der Waals surface area contributed by atoms with Crippen LogP contribution in [-0.2, 0) is 22.8 Å². The van der Waals surface area contributed by atoms with Crippen LogP contribution in [-0.4, -0.2) is 36.2 Å². The molecule has 1 atom stereocenters. The second kappa shape index (κ2) is 9.47. The zero-order valence-corrected chi connectivity index (χ0v) is 21.2. The van der Waals surface area contributed by atoms with Crippen LogP contribution in [0.3, 0.4) is 0 Å². The molecule has 0 saturated carbocycles. The number of aryl methyl sites for hydroxylation is 1. The van der Waals surface area contributed by atoms with Crippen LogP contribution in [0.25, 0.3) is 0 Å². The van der Waals surface area contributed by atoms with Crippen molar-refractivity contribution in [3.8, 4) is 5.75 Å². The molecule has 1 N–H and O–H groups in total. The number of urea groups is 1. The van der Waals surface area contributed by atoms with E-state index in [-0.39, 0.29) is 11.9 Å². The van der Waals surface area contributed by atoms with Gasteiger partial charge in [0, 0.05) is 29.4 Å². The van der Waals surface area contributed by atoms with Gasteiger partial charge in [0.25, 0.3) is 5.91 Å². The molecule has 8 heteroatoms. The number of ether oxygens (including phenoxy) is 1. The predicted octanol–water partition coefficient (Wildman–Crippen LogP) is 5.32. The lowest BCUT2D eigenvalue weighted by Crippen LogP contribution is -2.53. The second-order valence-electron chi connectivity index (χ2n) is 8.66. The van der Waals surface area contributed by atoms with Gasteiger partial charge in [-0.2, -0.15) is 0 Å². The average molecular weight is 508 g/mol. The molecule has 6 nitrogen and oxygen atoms in total. The lowest BCUT2D eigenvalue weighted by atomic mass is 10.1. The molecular weight excluding hydrogens is 482 g/mol. The van der Waals surface area contributed by atoms with Crippen molar-refractivity contribution in [1.82, 2.24) is 10.2 Å². The molecule has 0 radical (unpaired) electrons. The number of fused-ring (bicyclic) bond motifs is 2. The summed E-state index contributed by atoms with van der Waals surface area (Å²) in [4.78, 5) is 29.9. The minimum absolute atomic E-state index is 0.145. The maximum Gasteiger partial charge on any atom is 0.319 e. The Balaban J connectivity index is 1.49. The topological polar surface area (TPSA) is 61.9 Å². The highest BCUT2D eigenvalue weighted by Crippen LogP contribution is 2.55. The van der Waals surface area contributed by atoms with Gasteiger partial charge in [-0.05, 0) is 42.3 Å². The van der Waals surface area contributed by atoms with Crippen LogP contribution >= 0.6 is 23.4 Å². The first-order chi connectivity index (χ1) is 16.9. The number of nitrogens with one attached hydrogen (secondary N) is 1. The Labute approximate surface area is 214 Å². The quantitative estimate of drug-likeness (QED) is 0.508. The van der Waals surface area contributed by atoms with E-state index in [9.17, 15) is 9.59 Å². The number of halogens is 1. The molecule has 3 aromatic carbocycles. The van der Waals surface area contributed by atoms with Crippen molar-refractivity contribution < 1.29 is 14.3 Å². The molecule has 3 aromatic rings. The van der Waals surface area contributed by atoms with Gasteiger partial charge in [-0.25, -0.2) is 4.79 Å². The van der Waals surface area contributed by atoms with Crippen LogP contribution in [0.4, 0.5) is 10.5 Å². The summed E-state index contributed by atoms with van der Waals surface area (Å²) < 4.78 is 5.48. The number of thioether (sulfide) groups is 1. The van der Waals surface area contributed by atoms with Gasteiger partial charge in [-0.15, -0.1) is 11.8 Å². The zero-order valence-electron chi connectivity index (χ0n) is 19.6. The van der Waals surface area contributed by atoms with Gasteiger partial charge >= 0.3 is 6.03 Å². The van der Waals surface area contributed by atoms with Gasteiger partial charge in [0.2, 0.25) is 0 Å². The summed E-state index contributed by atoms with van der Waals surface area (Å²) in [5.41, 5.74) is 4.52. The highest BCUT2D eigenvalue weighted by Gasteiger charge is 2.59. The number of anilines is 1. The first-order valence-corrected chi connectivity index (χ1v) is 12.8. The summed E-state index contributed by atoms with van der Waals surface area (Å²) in [5, 5.41) is 3.62. The summed E-state index contributed by atoms with van der Waals surface area (Å²) >= 11 is 7.91. The number of nitrogens with zero attached hydrogens (tertiary/aromatic N) is 2. The molecule has 35 heavy (non-hydrogen) atoms. The van der Waals surface area contributed by atoms with Crippen molar-refractivity contribution in [3.05, 3.63) is 94.0 Å². The molecule has 3 amide bonds. The first-order valence-electron chi connectivity index (χ1n) is 11.4. The fourth-order valence-corrected chi connectivity index (χ4v) is 6.42. The molecular formula is C27H26ClN3O3S. The van der Waals surface area contributed by atoms with E-state index in [1.165, 1.54) is 11.8 Å². The number of carbonyl (C=O) groups is 2. The molecule has 5 rings (SSSR count). The van der Waals surface area contributed by atoms with E-state index < -0.39 is 4.87 Å². The van der Waals surface area contributed by atoms with Crippen molar-refractivity contribution >= 4 is 41.0 Å². The standard InChI is InChI=1S/C27H26ClN3O3S/c1-18-6-5-7-19(14-18)16-29-26(33)31-12-13-35-27(31)22-15-21(34-2)10-11-24(22)30(25(27)32)17-20-8-3-4-9-23(20)28/h3-11,14-15H,12-13,16-17H2,1-2H3,(H,29,33). The summed E-state index contributed by atoms with van der Waals surface area (Å²) in [5.74, 6) is 1.15. The molecule has 1 fully saturated rings. The Kier molecular flexibility index (Phi) is 6.38. The molecule has 2 heterocycles. The SMILES string of the molecule is COc1ccc2c(c1)C1(SCCN1C(=O)NCc1cccc(C)c1)C(=O)N2Cc1ccccc1Cl. The highest BCUT2D eigenvalue weighted by atomic mass is 35.5. The van der Waals surface area contributed by atoms with E-state index in [1.54, 1.807) is 16.9 Å². The van der Waals surface area contributed by atoms with E-state index in [1.807, 2.05) is 73.7 Å². The second-order valence-corrected chi connectivity index (χ2v) is 10.4. The Morgan fingerprint density at radius 2 is 1.97 bits per heavy atom. The average Bonchev–Trinajstić information content (AvgIpc) is 3.40. The van der Waals surface area contributed by atoms with Gasteiger partial charge < -0.3 is 15.0 Å². The number of benzene rings is 3. The molecule has 2 aliphatic rings. The first kappa shape index (κ1) is 23.6. The van der Waals surface area contributed by atoms with E-state index >= 15 is 0 Å². The largest absolute Gasteiger partial charge is 0.497 e. The monoisotopic (exact) mass is 507 g/mol. The minimum Gasteiger partial charge on any atom is -0.497 e. The molecule has 1 spiro atoms. The normalized spacial score (nSPS) is 18.8. The van der Waals surface area contributed by atoms with Crippen LogP contribution in [0.1, 0.15) is 22.3 Å². The van der Waals surface area contributed by atoms with Gasteiger partial charge in [-0.3, -0.25) is 9.69 Å². The third-order valence-corrected chi connectivity index (χ3v) is 8.25. The molecule has 1 unspecified atom stereocenters. The maximum atomic E-state index is 14.1. The summed E-state index contributed by atoms with van der Waals surface area (Å²) in [6.07, 6.45) is 0. The van der Waals surface area contributed by atoms with Crippen molar-refractivity contribution in [2.24, 2.45) is 0 Å². The fraction of sp³-hybridized carbons (Fsp3) is 0.259. The number of methoxy groups -OCH3 is 1. The third kappa shape index (κ3) is 4.13. The molecule has 1 saturated heterocycles. The van der Waals surface area contributed by atoms with Gasteiger partial charge in [0.05, 0.1) is 19.3 Å². The van der Waals surface area contributed by atoms with Crippen LogP contribution in [0.5, 0.6) is 5.75 Å². The summed E-state index contributed by atoms with van der Waals surface area (Å²) in [6, 6.07) is 20.9. The predicted molar refractivity (Wildman–Crippen MR) is 140 cm³/mol. The smallest absolute Gasteiger partial charge is 0.319 e. The molecule has 0 aromatic heterocycles. The molecule has 0 bridgehead atoms. The third-order valence-electron chi connectivity index (χ3n) is 6.46. The molecule has 180 valence electrons. The van der Waals surface area contributed by atoms with Gasteiger partial charge in [0.1, 0.15) is 5.75 Å². The van der Waals surface area contributed by atoms with Crippen LogP contribution in [0, 0.1) is 6.92 Å². The van der Waals surface area contributed by atoms with Crippen LogP contribution in [0.2, 0.25) is 5.02 Å². The number of amides is 3.